The molecule has 0 aliphatic rings. The van der Waals surface area contributed by atoms with Gasteiger partial charge in [0.2, 0.25) is 0 Å². The van der Waals surface area contributed by atoms with Crippen molar-refractivity contribution >= 4 is 31.7 Å². The van der Waals surface area contributed by atoms with Crippen molar-refractivity contribution in [3.05, 3.63) is 34.1 Å². The fourth-order valence-corrected chi connectivity index (χ4v) is 2.86. The Morgan fingerprint density at radius 2 is 2.06 bits per heavy atom. The number of benzene rings is 1. The molecule has 1 rings (SSSR count). The summed E-state index contributed by atoms with van der Waals surface area (Å²) in [5.74, 6) is -2.79. The highest BCUT2D eigenvalue weighted by Gasteiger charge is 2.16. The maximum absolute atomic E-state index is 13.4. The Balaban J connectivity index is 2.79. The summed E-state index contributed by atoms with van der Waals surface area (Å²) in [6.45, 7) is 0. The molecule has 7 heteroatoms. The van der Waals surface area contributed by atoms with Crippen LogP contribution in [0.5, 0.6) is 0 Å². The molecule has 0 radical (unpaired) electrons. The summed E-state index contributed by atoms with van der Waals surface area (Å²) in [7, 11) is -3.60. The number of hydrogen-bond donors (Lipinski definition) is 1. The molecule has 0 aromatic heterocycles. The van der Waals surface area contributed by atoms with Crippen LogP contribution in [-0.2, 0) is 20.4 Å². The average Bonchev–Trinajstić information content (AvgIpc) is 2.20. The number of halogens is 2. The summed E-state index contributed by atoms with van der Waals surface area (Å²) in [5.41, 5.74) is 0.0404. The van der Waals surface area contributed by atoms with Gasteiger partial charge in [0, 0.05) is 10.0 Å². The molecule has 0 saturated heterocycles. The Morgan fingerprint density at radius 3 is 2.59 bits per heavy atom. The molecule has 1 aromatic carbocycles. The Morgan fingerprint density at radius 1 is 1.41 bits per heavy atom. The Labute approximate surface area is 107 Å². The first-order valence-corrected chi connectivity index (χ1v) is 7.28. The Kier molecular flexibility index (Phi) is 4.64. The molecule has 0 heterocycles. The van der Waals surface area contributed by atoms with Gasteiger partial charge in [0.05, 0.1) is 17.9 Å². The molecule has 0 bridgehead atoms. The van der Waals surface area contributed by atoms with Gasteiger partial charge >= 0.3 is 5.97 Å². The van der Waals surface area contributed by atoms with Gasteiger partial charge in [-0.2, -0.15) is 0 Å². The molecule has 4 nitrogen and oxygen atoms in total. The number of sulfone groups is 1. The van der Waals surface area contributed by atoms with E-state index in [-0.39, 0.29) is 5.56 Å². The van der Waals surface area contributed by atoms with Crippen LogP contribution in [0, 0.1) is 5.82 Å². The van der Waals surface area contributed by atoms with E-state index in [2.05, 4.69) is 15.9 Å². The number of hydrogen-bond acceptors (Lipinski definition) is 3. The normalized spacial score (nSPS) is 11.4. The summed E-state index contributed by atoms with van der Waals surface area (Å²) in [6.07, 6.45) is -0.472. The van der Waals surface area contributed by atoms with Crippen LogP contribution in [0.4, 0.5) is 4.39 Å². The molecule has 0 spiro atoms. The molecule has 0 aliphatic heterocycles. The zero-order valence-corrected chi connectivity index (χ0v) is 11.1. The summed E-state index contributed by atoms with van der Waals surface area (Å²) >= 11 is 3.06. The van der Waals surface area contributed by atoms with Gasteiger partial charge in [-0.05, 0) is 12.1 Å². The molecule has 0 fully saturated rings. The quantitative estimate of drug-likeness (QED) is 0.898. The minimum Gasteiger partial charge on any atom is -0.481 e. The van der Waals surface area contributed by atoms with Gasteiger partial charge in [-0.15, -0.1) is 0 Å². The monoisotopic (exact) mass is 324 g/mol. The molecule has 17 heavy (non-hydrogen) atoms. The van der Waals surface area contributed by atoms with Crippen LogP contribution in [-0.4, -0.2) is 25.2 Å². The van der Waals surface area contributed by atoms with Crippen molar-refractivity contribution in [1.29, 1.82) is 0 Å². The van der Waals surface area contributed by atoms with Gasteiger partial charge in [-0.1, -0.05) is 22.0 Å². The van der Waals surface area contributed by atoms with Crippen molar-refractivity contribution in [1.82, 2.24) is 0 Å². The topological polar surface area (TPSA) is 71.4 Å². The van der Waals surface area contributed by atoms with Crippen molar-refractivity contribution in [2.24, 2.45) is 0 Å². The lowest BCUT2D eigenvalue weighted by Crippen LogP contribution is -2.13. The number of carboxylic acid groups (broad SMARTS) is 1. The van der Waals surface area contributed by atoms with Gasteiger partial charge in [-0.3, -0.25) is 4.79 Å². The number of rotatable bonds is 5. The Bertz CT molecular complexity index is 527. The maximum atomic E-state index is 13.4. The largest absolute Gasteiger partial charge is 0.481 e. The summed E-state index contributed by atoms with van der Waals surface area (Å²) in [5, 5.41) is 8.39. The lowest BCUT2D eigenvalue weighted by molar-refractivity contribution is -0.136. The first-order chi connectivity index (χ1) is 7.80. The summed E-state index contributed by atoms with van der Waals surface area (Å²) in [4.78, 5) is 10.3. The zero-order chi connectivity index (χ0) is 13.1. The highest BCUT2D eigenvalue weighted by atomic mass is 79.9. The van der Waals surface area contributed by atoms with Crippen LogP contribution < -0.4 is 0 Å². The standard InChI is InChI=1S/C10H10BrFO4S/c11-8-2-1-7(9(12)5-8)6-17(15,16)4-3-10(13)14/h1-2,5H,3-4,6H2,(H,13,14). The van der Waals surface area contributed by atoms with Crippen molar-refractivity contribution in [3.63, 3.8) is 0 Å². The molecule has 94 valence electrons. The second kappa shape index (κ2) is 5.59. The fraction of sp³-hybridized carbons (Fsp3) is 0.300. The van der Waals surface area contributed by atoms with Crippen LogP contribution >= 0.6 is 15.9 Å². The maximum Gasteiger partial charge on any atom is 0.304 e. The summed E-state index contributed by atoms with van der Waals surface area (Å²) in [6, 6.07) is 4.06. The van der Waals surface area contributed by atoms with E-state index in [1.54, 1.807) is 0 Å². The Hall–Kier alpha value is -0.950. The van der Waals surface area contributed by atoms with Crippen molar-refractivity contribution < 1.29 is 22.7 Å². The SMILES string of the molecule is O=C(O)CCS(=O)(=O)Cc1ccc(Br)cc1F. The number of carboxylic acids is 1. The number of aliphatic carboxylic acids is 1. The third-order valence-electron chi connectivity index (χ3n) is 2.02. The third-order valence-corrected chi connectivity index (χ3v) is 4.09. The van der Waals surface area contributed by atoms with E-state index >= 15 is 0 Å². The lowest BCUT2D eigenvalue weighted by atomic mass is 10.2. The van der Waals surface area contributed by atoms with Crippen LogP contribution in [0.15, 0.2) is 22.7 Å². The molecule has 1 aromatic rings. The molecule has 0 atom stereocenters. The first-order valence-electron chi connectivity index (χ1n) is 4.66. The smallest absolute Gasteiger partial charge is 0.304 e. The average molecular weight is 325 g/mol. The molecule has 1 N–H and O–H groups in total. The van der Waals surface area contributed by atoms with Crippen LogP contribution in [0.3, 0.4) is 0 Å². The predicted octanol–water partition coefficient (Wildman–Crippen LogP) is 1.98. The van der Waals surface area contributed by atoms with E-state index < -0.39 is 39.6 Å². The van der Waals surface area contributed by atoms with Gasteiger partial charge in [0.1, 0.15) is 5.82 Å². The highest BCUT2D eigenvalue weighted by Crippen LogP contribution is 2.17. The molecule has 0 unspecified atom stereocenters. The first kappa shape index (κ1) is 14.1. The van der Waals surface area contributed by atoms with Gasteiger partial charge in [-0.25, -0.2) is 12.8 Å². The molecule has 0 saturated carbocycles. The second-order valence-electron chi connectivity index (χ2n) is 3.47. The zero-order valence-electron chi connectivity index (χ0n) is 8.69. The predicted molar refractivity (Wildman–Crippen MR) is 63.8 cm³/mol. The number of carbonyl (C=O) groups is 1. The minimum absolute atomic E-state index is 0.0404. The molecule has 0 amide bonds. The lowest BCUT2D eigenvalue weighted by Gasteiger charge is -2.04. The van der Waals surface area contributed by atoms with Gasteiger partial charge in [0.25, 0.3) is 0 Å². The van der Waals surface area contributed by atoms with Crippen molar-refractivity contribution in [2.45, 2.75) is 12.2 Å². The van der Waals surface area contributed by atoms with E-state index in [0.29, 0.717) is 4.47 Å². The molecular weight excluding hydrogens is 315 g/mol. The van der Waals surface area contributed by atoms with Gasteiger partial charge in [0.15, 0.2) is 9.84 Å². The van der Waals surface area contributed by atoms with Crippen molar-refractivity contribution in [3.8, 4) is 0 Å². The van der Waals surface area contributed by atoms with Crippen LogP contribution in [0.25, 0.3) is 0 Å². The summed E-state index contributed by atoms with van der Waals surface area (Å²) < 4.78 is 36.9. The molecule has 0 aliphatic carbocycles. The molecular formula is C10H10BrFO4S. The van der Waals surface area contributed by atoms with E-state index in [1.807, 2.05) is 0 Å². The second-order valence-corrected chi connectivity index (χ2v) is 6.57. The minimum atomic E-state index is -3.60. The van der Waals surface area contributed by atoms with E-state index in [1.165, 1.54) is 18.2 Å². The van der Waals surface area contributed by atoms with E-state index in [9.17, 15) is 17.6 Å². The third kappa shape index (κ3) is 4.82. The van der Waals surface area contributed by atoms with E-state index in [4.69, 9.17) is 5.11 Å². The highest BCUT2D eigenvalue weighted by molar-refractivity contribution is 9.10. The fourth-order valence-electron chi connectivity index (χ4n) is 1.19. The van der Waals surface area contributed by atoms with Gasteiger partial charge < -0.3 is 5.11 Å². The van der Waals surface area contributed by atoms with Crippen LogP contribution in [0.1, 0.15) is 12.0 Å². The van der Waals surface area contributed by atoms with Crippen LogP contribution in [0.2, 0.25) is 0 Å². The van der Waals surface area contributed by atoms with Crippen molar-refractivity contribution in [2.75, 3.05) is 5.75 Å². The van der Waals surface area contributed by atoms with E-state index in [0.717, 1.165) is 0 Å².